The Hall–Kier alpha value is -2.01. The van der Waals surface area contributed by atoms with Crippen molar-refractivity contribution in [2.24, 2.45) is 0 Å². The monoisotopic (exact) mass is 210 g/mol. The van der Waals surface area contributed by atoms with E-state index in [0.717, 1.165) is 24.9 Å². The number of benzene rings is 1. The minimum absolute atomic E-state index is 0.847. The molecule has 2 rings (SSSR count). The lowest BCUT2D eigenvalue weighted by Crippen LogP contribution is -1.99. The fourth-order valence-corrected chi connectivity index (χ4v) is 1.65. The zero-order chi connectivity index (χ0) is 11.2. The van der Waals surface area contributed by atoms with Crippen molar-refractivity contribution in [3.05, 3.63) is 53.9 Å². The third-order valence-electron chi connectivity index (χ3n) is 2.50. The van der Waals surface area contributed by atoms with Crippen molar-refractivity contribution in [2.75, 3.05) is 0 Å². The third kappa shape index (κ3) is 2.74. The van der Waals surface area contributed by atoms with E-state index >= 15 is 0 Å². The van der Waals surface area contributed by atoms with E-state index in [0.29, 0.717) is 0 Å². The van der Waals surface area contributed by atoms with Gasteiger partial charge in [0.15, 0.2) is 0 Å². The van der Waals surface area contributed by atoms with Crippen molar-refractivity contribution in [2.45, 2.75) is 19.4 Å². The van der Waals surface area contributed by atoms with Gasteiger partial charge in [-0.15, -0.1) is 6.42 Å². The van der Waals surface area contributed by atoms with Gasteiger partial charge in [-0.05, 0) is 18.4 Å². The molecule has 16 heavy (non-hydrogen) atoms. The van der Waals surface area contributed by atoms with Crippen LogP contribution in [0.5, 0.6) is 0 Å². The first-order valence-corrected chi connectivity index (χ1v) is 5.41. The van der Waals surface area contributed by atoms with E-state index in [1.165, 1.54) is 5.56 Å². The van der Waals surface area contributed by atoms with Crippen LogP contribution in [0.2, 0.25) is 0 Å². The summed E-state index contributed by atoms with van der Waals surface area (Å²) in [6, 6.07) is 10.5. The minimum Gasteiger partial charge on any atom is -0.271 e. The third-order valence-corrected chi connectivity index (χ3v) is 2.50. The SMILES string of the molecule is C#Cc1cnn(CCCc2ccccc2)c1. The van der Waals surface area contributed by atoms with E-state index in [2.05, 4.69) is 35.3 Å². The highest BCUT2D eigenvalue weighted by molar-refractivity contribution is 5.26. The fraction of sp³-hybridized carbons (Fsp3) is 0.214. The van der Waals surface area contributed by atoms with E-state index in [9.17, 15) is 0 Å². The number of rotatable bonds is 4. The summed E-state index contributed by atoms with van der Waals surface area (Å²) in [6.07, 6.45) is 11.1. The second-order valence-corrected chi connectivity index (χ2v) is 3.73. The summed E-state index contributed by atoms with van der Waals surface area (Å²) in [7, 11) is 0. The molecule has 1 aromatic heterocycles. The highest BCUT2D eigenvalue weighted by Crippen LogP contribution is 2.04. The topological polar surface area (TPSA) is 17.8 Å². The van der Waals surface area contributed by atoms with Crippen LogP contribution in [0, 0.1) is 12.3 Å². The van der Waals surface area contributed by atoms with Crippen molar-refractivity contribution in [3.8, 4) is 12.3 Å². The van der Waals surface area contributed by atoms with Gasteiger partial charge in [0, 0.05) is 12.7 Å². The molecule has 0 radical (unpaired) electrons. The zero-order valence-corrected chi connectivity index (χ0v) is 9.13. The molecule has 80 valence electrons. The van der Waals surface area contributed by atoms with Crippen LogP contribution in [0.4, 0.5) is 0 Å². The van der Waals surface area contributed by atoms with E-state index in [-0.39, 0.29) is 0 Å². The number of hydrogen-bond donors (Lipinski definition) is 0. The van der Waals surface area contributed by atoms with Crippen molar-refractivity contribution in [3.63, 3.8) is 0 Å². The van der Waals surface area contributed by atoms with Gasteiger partial charge in [0.25, 0.3) is 0 Å². The molecule has 0 atom stereocenters. The first kappa shape index (κ1) is 10.5. The quantitative estimate of drug-likeness (QED) is 0.709. The molecule has 0 saturated carbocycles. The lowest BCUT2D eigenvalue weighted by atomic mass is 10.1. The van der Waals surface area contributed by atoms with Gasteiger partial charge in [-0.2, -0.15) is 5.10 Å². The van der Waals surface area contributed by atoms with Gasteiger partial charge in [-0.1, -0.05) is 36.3 Å². The molecule has 1 aromatic carbocycles. The van der Waals surface area contributed by atoms with Crippen molar-refractivity contribution in [1.82, 2.24) is 9.78 Å². The smallest absolute Gasteiger partial charge is 0.0646 e. The highest BCUT2D eigenvalue weighted by atomic mass is 15.3. The Morgan fingerprint density at radius 3 is 2.75 bits per heavy atom. The Labute approximate surface area is 95.9 Å². The maximum atomic E-state index is 5.28. The fourth-order valence-electron chi connectivity index (χ4n) is 1.65. The Morgan fingerprint density at radius 1 is 1.25 bits per heavy atom. The van der Waals surface area contributed by atoms with Gasteiger partial charge < -0.3 is 0 Å². The van der Waals surface area contributed by atoms with Crippen LogP contribution in [-0.2, 0) is 13.0 Å². The standard InChI is InChI=1S/C14H14N2/c1-2-13-11-15-16(12-13)10-6-9-14-7-4-3-5-8-14/h1,3-5,7-8,11-12H,6,9-10H2. The molecule has 0 aliphatic carbocycles. The van der Waals surface area contributed by atoms with Crippen LogP contribution >= 0.6 is 0 Å². The molecule has 1 heterocycles. The number of aromatic nitrogens is 2. The molecule has 0 amide bonds. The van der Waals surface area contributed by atoms with Gasteiger partial charge in [-0.25, -0.2) is 0 Å². The molecule has 0 aliphatic heterocycles. The molecule has 0 saturated heterocycles. The Morgan fingerprint density at radius 2 is 2.06 bits per heavy atom. The molecule has 0 N–H and O–H groups in total. The summed E-state index contributed by atoms with van der Waals surface area (Å²) in [5, 5.41) is 4.19. The summed E-state index contributed by atoms with van der Waals surface area (Å²) >= 11 is 0. The first-order chi connectivity index (χ1) is 7.88. The lowest BCUT2D eigenvalue weighted by Gasteiger charge is -2.01. The first-order valence-electron chi connectivity index (χ1n) is 5.41. The van der Waals surface area contributed by atoms with Crippen molar-refractivity contribution >= 4 is 0 Å². The second-order valence-electron chi connectivity index (χ2n) is 3.73. The van der Waals surface area contributed by atoms with Crippen LogP contribution in [0.15, 0.2) is 42.7 Å². The minimum atomic E-state index is 0.847. The van der Waals surface area contributed by atoms with Crippen molar-refractivity contribution < 1.29 is 0 Å². The number of nitrogens with zero attached hydrogens (tertiary/aromatic N) is 2. The molecular weight excluding hydrogens is 196 g/mol. The Bertz CT molecular complexity index is 477. The summed E-state index contributed by atoms with van der Waals surface area (Å²) < 4.78 is 1.90. The average Bonchev–Trinajstić information content (AvgIpc) is 2.78. The van der Waals surface area contributed by atoms with Gasteiger partial charge in [0.2, 0.25) is 0 Å². The summed E-state index contributed by atoms with van der Waals surface area (Å²) in [6.45, 7) is 0.913. The van der Waals surface area contributed by atoms with Gasteiger partial charge in [-0.3, -0.25) is 4.68 Å². The maximum absolute atomic E-state index is 5.28. The molecule has 0 aliphatic rings. The number of hydrogen-bond acceptors (Lipinski definition) is 1. The van der Waals surface area contributed by atoms with Crippen LogP contribution in [0.25, 0.3) is 0 Å². The average molecular weight is 210 g/mol. The van der Waals surface area contributed by atoms with Crippen molar-refractivity contribution in [1.29, 1.82) is 0 Å². The van der Waals surface area contributed by atoms with E-state index in [1.807, 2.05) is 16.9 Å². The molecule has 2 aromatic rings. The van der Waals surface area contributed by atoms with E-state index in [1.54, 1.807) is 6.20 Å². The largest absolute Gasteiger partial charge is 0.271 e. The molecule has 2 heteroatoms. The molecule has 0 fully saturated rings. The Kier molecular flexibility index (Phi) is 3.40. The Balaban J connectivity index is 1.83. The van der Waals surface area contributed by atoms with Crippen LogP contribution < -0.4 is 0 Å². The van der Waals surface area contributed by atoms with Crippen LogP contribution in [0.1, 0.15) is 17.5 Å². The van der Waals surface area contributed by atoms with Crippen LogP contribution in [0.3, 0.4) is 0 Å². The summed E-state index contributed by atoms with van der Waals surface area (Å²) in [5.41, 5.74) is 2.21. The molecule has 0 bridgehead atoms. The molecular formula is C14H14N2. The number of terminal acetylenes is 1. The van der Waals surface area contributed by atoms with E-state index in [4.69, 9.17) is 6.42 Å². The number of aryl methyl sites for hydroxylation is 2. The van der Waals surface area contributed by atoms with Gasteiger partial charge >= 0.3 is 0 Å². The summed E-state index contributed by atoms with van der Waals surface area (Å²) in [4.78, 5) is 0. The normalized spacial score (nSPS) is 9.94. The predicted molar refractivity (Wildman–Crippen MR) is 64.9 cm³/mol. The van der Waals surface area contributed by atoms with E-state index < -0.39 is 0 Å². The molecule has 2 nitrogen and oxygen atoms in total. The van der Waals surface area contributed by atoms with Gasteiger partial charge in [0.1, 0.15) is 0 Å². The van der Waals surface area contributed by atoms with Gasteiger partial charge in [0.05, 0.1) is 11.8 Å². The predicted octanol–water partition coefficient (Wildman–Crippen LogP) is 2.50. The molecule has 0 unspecified atom stereocenters. The zero-order valence-electron chi connectivity index (χ0n) is 9.13. The lowest BCUT2D eigenvalue weighted by molar-refractivity contribution is 0.579. The second kappa shape index (κ2) is 5.18. The van der Waals surface area contributed by atoms with Crippen LogP contribution in [-0.4, -0.2) is 9.78 Å². The molecule has 0 spiro atoms. The summed E-state index contributed by atoms with van der Waals surface area (Å²) in [5.74, 6) is 2.57. The maximum Gasteiger partial charge on any atom is 0.0646 e. The highest BCUT2D eigenvalue weighted by Gasteiger charge is 1.96.